The molecule has 0 fully saturated rings. The van der Waals surface area contributed by atoms with Crippen molar-refractivity contribution in [2.75, 3.05) is 5.32 Å². The fourth-order valence-electron chi connectivity index (χ4n) is 2.27. The van der Waals surface area contributed by atoms with E-state index in [1.54, 1.807) is 30.5 Å². The number of H-pyrrole nitrogens is 1. The maximum atomic E-state index is 12.5. The lowest BCUT2D eigenvalue weighted by molar-refractivity contribution is 0.0692. The van der Waals surface area contributed by atoms with Crippen molar-refractivity contribution in [3.8, 4) is 11.1 Å². The predicted molar refractivity (Wildman–Crippen MR) is 87.2 cm³/mol. The van der Waals surface area contributed by atoms with E-state index >= 15 is 0 Å². The lowest BCUT2D eigenvalue weighted by Crippen LogP contribution is -2.20. The van der Waals surface area contributed by atoms with Gasteiger partial charge in [0.15, 0.2) is 0 Å². The molecule has 0 spiro atoms. The van der Waals surface area contributed by atoms with Crippen molar-refractivity contribution in [2.24, 2.45) is 7.05 Å². The minimum atomic E-state index is -1.23. The van der Waals surface area contributed by atoms with E-state index < -0.39 is 11.9 Å². The molecule has 1 amide bonds. The number of aromatic carboxylic acids is 1. The summed E-state index contributed by atoms with van der Waals surface area (Å²) < 4.78 is 1.21. The van der Waals surface area contributed by atoms with Crippen LogP contribution in [-0.2, 0) is 7.05 Å². The number of aromatic amines is 1. The molecule has 0 aliphatic carbocycles. The molecule has 3 N–H and O–H groups in total. The number of nitrogens with zero attached hydrogens (tertiary/aromatic N) is 3. The van der Waals surface area contributed by atoms with Crippen LogP contribution in [0.25, 0.3) is 11.1 Å². The first-order chi connectivity index (χ1) is 11.5. The number of amides is 1. The van der Waals surface area contributed by atoms with Crippen molar-refractivity contribution >= 4 is 29.3 Å². The zero-order chi connectivity index (χ0) is 17.3. The molecule has 0 radical (unpaired) electrons. The van der Waals surface area contributed by atoms with Crippen LogP contribution < -0.4 is 5.32 Å². The van der Waals surface area contributed by atoms with E-state index in [2.05, 4.69) is 20.6 Å². The Morgan fingerprint density at radius 1 is 1.25 bits per heavy atom. The summed E-state index contributed by atoms with van der Waals surface area (Å²) in [6, 6.07) is 7.02. The minimum Gasteiger partial charge on any atom is -0.478 e. The Bertz CT molecular complexity index is 914. The van der Waals surface area contributed by atoms with Gasteiger partial charge in [0.25, 0.3) is 5.91 Å². The highest BCUT2D eigenvalue weighted by Gasteiger charge is 2.23. The summed E-state index contributed by atoms with van der Waals surface area (Å²) in [5.74, 6) is -1.48. The fraction of sp³-hybridized carbons (Fsp3) is 0.0667. The molecule has 8 nitrogen and oxygen atoms in total. The van der Waals surface area contributed by atoms with Gasteiger partial charge in [-0.05, 0) is 17.7 Å². The van der Waals surface area contributed by atoms with Gasteiger partial charge >= 0.3 is 5.97 Å². The summed E-state index contributed by atoms with van der Waals surface area (Å²) in [4.78, 5) is 23.6. The number of aromatic nitrogens is 4. The van der Waals surface area contributed by atoms with Gasteiger partial charge in [0.1, 0.15) is 17.1 Å². The van der Waals surface area contributed by atoms with Crippen LogP contribution in [0.4, 0.5) is 5.82 Å². The number of halogens is 1. The second-order valence-electron chi connectivity index (χ2n) is 4.96. The Kier molecular flexibility index (Phi) is 4.05. The van der Waals surface area contributed by atoms with Gasteiger partial charge in [-0.2, -0.15) is 10.2 Å². The Hall–Kier alpha value is -3.13. The SMILES string of the molecule is Cn1ncc(C(=O)O)c1C(=O)Nc1[nH]ncc1-c1ccc(Cl)cc1. The molecule has 0 aliphatic heterocycles. The third kappa shape index (κ3) is 2.86. The number of nitrogens with one attached hydrogen (secondary N) is 2. The number of benzene rings is 1. The van der Waals surface area contributed by atoms with E-state index in [4.69, 9.17) is 16.7 Å². The zero-order valence-electron chi connectivity index (χ0n) is 12.4. The summed E-state index contributed by atoms with van der Waals surface area (Å²) in [5.41, 5.74) is 1.22. The zero-order valence-corrected chi connectivity index (χ0v) is 13.2. The molecule has 24 heavy (non-hydrogen) atoms. The van der Waals surface area contributed by atoms with Crippen LogP contribution >= 0.6 is 11.6 Å². The summed E-state index contributed by atoms with van der Waals surface area (Å²) >= 11 is 5.87. The third-order valence-electron chi connectivity index (χ3n) is 3.42. The Balaban J connectivity index is 1.92. The number of aryl methyl sites for hydroxylation is 1. The normalized spacial score (nSPS) is 10.6. The molecule has 2 aromatic heterocycles. The van der Waals surface area contributed by atoms with E-state index in [1.165, 1.54) is 11.7 Å². The number of carboxylic acid groups (broad SMARTS) is 1. The second-order valence-corrected chi connectivity index (χ2v) is 5.39. The number of hydrogen-bond acceptors (Lipinski definition) is 4. The van der Waals surface area contributed by atoms with Gasteiger partial charge in [-0.15, -0.1) is 0 Å². The van der Waals surface area contributed by atoms with Crippen molar-refractivity contribution in [3.63, 3.8) is 0 Å². The van der Waals surface area contributed by atoms with Crippen molar-refractivity contribution in [1.29, 1.82) is 0 Å². The molecule has 3 rings (SSSR count). The Morgan fingerprint density at radius 3 is 2.62 bits per heavy atom. The van der Waals surface area contributed by atoms with E-state index in [9.17, 15) is 9.59 Å². The maximum Gasteiger partial charge on any atom is 0.339 e. The average Bonchev–Trinajstić information content (AvgIpc) is 3.14. The number of anilines is 1. The summed E-state index contributed by atoms with van der Waals surface area (Å²) in [6.45, 7) is 0. The number of carboxylic acids is 1. The molecule has 0 saturated carbocycles. The molecule has 0 unspecified atom stereocenters. The number of hydrogen-bond donors (Lipinski definition) is 3. The molecular weight excluding hydrogens is 334 g/mol. The summed E-state index contributed by atoms with van der Waals surface area (Å²) in [5, 5.41) is 22.8. The number of rotatable bonds is 4. The maximum absolute atomic E-state index is 12.5. The highest BCUT2D eigenvalue weighted by Crippen LogP contribution is 2.27. The average molecular weight is 346 g/mol. The van der Waals surface area contributed by atoms with Gasteiger partial charge in [-0.1, -0.05) is 23.7 Å². The van der Waals surface area contributed by atoms with Gasteiger partial charge in [0.2, 0.25) is 0 Å². The third-order valence-corrected chi connectivity index (χ3v) is 3.67. The molecule has 122 valence electrons. The standard InChI is InChI=1S/C15H12ClN5O3/c1-21-12(11(7-18-21)15(23)24)14(22)19-13-10(6-17-20-13)8-2-4-9(16)5-3-8/h2-7H,1H3,(H,23,24)(H2,17,19,20,22). The van der Waals surface area contributed by atoms with Crippen LogP contribution in [0.3, 0.4) is 0 Å². The highest BCUT2D eigenvalue weighted by molar-refractivity contribution is 6.30. The molecule has 1 aromatic carbocycles. The van der Waals surface area contributed by atoms with Crippen LogP contribution in [0.1, 0.15) is 20.8 Å². The molecule has 0 bridgehead atoms. The molecule has 2 heterocycles. The van der Waals surface area contributed by atoms with E-state index in [1.807, 2.05) is 0 Å². The molecule has 3 aromatic rings. The van der Waals surface area contributed by atoms with Gasteiger partial charge in [0, 0.05) is 17.6 Å². The predicted octanol–water partition coefficient (Wildman–Crippen LogP) is 2.41. The smallest absolute Gasteiger partial charge is 0.339 e. The van der Waals surface area contributed by atoms with Crippen LogP contribution in [0.5, 0.6) is 0 Å². The monoisotopic (exact) mass is 345 g/mol. The van der Waals surface area contributed by atoms with Gasteiger partial charge in [-0.25, -0.2) is 4.79 Å². The largest absolute Gasteiger partial charge is 0.478 e. The van der Waals surface area contributed by atoms with Gasteiger partial charge < -0.3 is 10.4 Å². The van der Waals surface area contributed by atoms with Crippen LogP contribution in [0.15, 0.2) is 36.7 Å². The van der Waals surface area contributed by atoms with E-state index in [-0.39, 0.29) is 11.3 Å². The Labute approximate surface area is 141 Å². The topological polar surface area (TPSA) is 113 Å². The first kappa shape index (κ1) is 15.8. The molecule has 0 aliphatic rings. The summed E-state index contributed by atoms with van der Waals surface area (Å²) in [6.07, 6.45) is 2.69. The first-order valence-corrected chi connectivity index (χ1v) is 7.21. The van der Waals surface area contributed by atoms with Crippen molar-refractivity contribution < 1.29 is 14.7 Å². The highest BCUT2D eigenvalue weighted by atomic mass is 35.5. The van der Waals surface area contributed by atoms with Crippen molar-refractivity contribution in [2.45, 2.75) is 0 Å². The van der Waals surface area contributed by atoms with Crippen molar-refractivity contribution in [3.05, 3.63) is 52.9 Å². The van der Waals surface area contributed by atoms with Crippen molar-refractivity contribution in [1.82, 2.24) is 20.0 Å². The van der Waals surface area contributed by atoms with Gasteiger partial charge in [0.05, 0.1) is 12.4 Å². The first-order valence-electron chi connectivity index (χ1n) is 6.83. The quantitative estimate of drug-likeness (QED) is 0.672. The summed E-state index contributed by atoms with van der Waals surface area (Å²) in [7, 11) is 1.49. The molecule has 0 saturated heterocycles. The van der Waals surface area contributed by atoms with Crippen LogP contribution in [0, 0.1) is 0 Å². The number of carbonyl (C=O) groups excluding carboxylic acids is 1. The lowest BCUT2D eigenvalue weighted by atomic mass is 10.1. The molecular formula is C15H12ClN5O3. The number of carbonyl (C=O) groups is 2. The van der Waals surface area contributed by atoms with Crippen LogP contribution in [-0.4, -0.2) is 37.0 Å². The van der Waals surface area contributed by atoms with Crippen LogP contribution in [0.2, 0.25) is 5.02 Å². The Morgan fingerprint density at radius 2 is 1.96 bits per heavy atom. The lowest BCUT2D eigenvalue weighted by Gasteiger charge is -2.07. The fourth-order valence-corrected chi connectivity index (χ4v) is 2.39. The van der Waals surface area contributed by atoms with E-state index in [0.717, 1.165) is 11.8 Å². The minimum absolute atomic E-state index is 0.0563. The van der Waals surface area contributed by atoms with Gasteiger partial charge in [-0.3, -0.25) is 14.6 Å². The molecule has 9 heteroatoms. The van der Waals surface area contributed by atoms with E-state index in [0.29, 0.717) is 16.4 Å². The second kappa shape index (κ2) is 6.17. The molecule has 0 atom stereocenters.